The molecule has 2 aliphatic rings. The Morgan fingerprint density at radius 1 is 1.12 bits per heavy atom. The minimum absolute atomic E-state index is 0.223. The van der Waals surface area contributed by atoms with Crippen molar-refractivity contribution in [1.29, 1.82) is 0 Å². The van der Waals surface area contributed by atoms with Gasteiger partial charge in [-0.2, -0.15) is 0 Å². The molecule has 2 aromatic rings. The summed E-state index contributed by atoms with van der Waals surface area (Å²) in [6.45, 7) is 5.07. The largest absolute Gasteiger partial charge is 0.486 e. The molecule has 0 atom stereocenters. The van der Waals surface area contributed by atoms with Gasteiger partial charge in [0, 0.05) is 24.5 Å². The highest BCUT2D eigenvalue weighted by Gasteiger charge is 2.19. The van der Waals surface area contributed by atoms with Crippen molar-refractivity contribution in [3.05, 3.63) is 23.8 Å². The van der Waals surface area contributed by atoms with Gasteiger partial charge in [0.2, 0.25) is 5.91 Å². The SMILES string of the molecule is CCc1cc2cc3c(cc2nc1SCC(=O)N1CCCCC1)OCCO3. The highest BCUT2D eigenvalue weighted by Crippen LogP contribution is 2.36. The second-order valence-corrected chi connectivity index (χ2v) is 7.69. The highest BCUT2D eigenvalue weighted by molar-refractivity contribution is 7.99. The van der Waals surface area contributed by atoms with E-state index < -0.39 is 0 Å². The molecule has 1 saturated heterocycles. The van der Waals surface area contributed by atoms with Crippen LogP contribution in [0.3, 0.4) is 0 Å². The smallest absolute Gasteiger partial charge is 0.232 e. The van der Waals surface area contributed by atoms with Crippen LogP contribution in [-0.4, -0.2) is 47.8 Å². The first-order chi connectivity index (χ1) is 12.7. The Morgan fingerprint density at radius 2 is 1.85 bits per heavy atom. The molecule has 1 fully saturated rings. The summed E-state index contributed by atoms with van der Waals surface area (Å²) in [6, 6.07) is 6.11. The van der Waals surface area contributed by atoms with Crippen LogP contribution in [0.2, 0.25) is 0 Å². The molecule has 0 N–H and O–H groups in total. The van der Waals surface area contributed by atoms with E-state index in [1.807, 2.05) is 17.0 Å². The van der Waals surface area contributed by atoms with Crippen LogP contribution in [0.4, 0.5) is 0 Å². The van der Waals surface area contributed by atoms with Gasteiger partial charge >= 0.3 is 0 Å². The average molecular weight is 372 g/mol. The number of aromatic nitrogens is 1. The van der Waals surface area contributed by atoms with E-state index in [1.165, 1.54) is 12.0 Å². The van der Waals surface area contributed by atoms with Crippen LogP contribution in [0.25, 0.3) is 10.9 Å². The monoisotopic (exact) mass is 372 g/mol. The molecule has 0 spiro atoms. The Bertz CT molecular complexity index is 818. The number of ether oxygens (including phenoxy) is 2. The minimum Gasteiger partial charge on any atom is -0.486 e. The van der Waals surface area contributed by atoms with Crippen molar-refractivity contribution in [3.8, 4) is 11.5 Å². The summed E-state index contributed by atoms with van der Waals surface area (Å²) in [7, 11) is 0. The van der Waals surface area contributed by atoms with Gasteiger partial charge < -0.3 is 14.4 Å². The molecule has 1 amide bonds. The maximum atomic E-state index is 12.5. The normalized spacial score (nSPS) is 16.7. The number of carbonyl (C=O) groups is 1. The molecule has 1 aromatic heterocycles. The number of thioether (sulfide) groups is 1. The molecular weight excluding hydrogens is 348 g/mol. The third kappa shape index (κ3) is 3.61. The molecule has 26 heavy (non-hydrogen) atoms. The standard InChI is InChI=1S/C20H24N2O3S/c1-2-14-10-15-11-17-18(25-9-8-24-17)12-16(15)21-20(14)26-13-19(23)22-6-4-3-5-7-22/h10-12H,2-9,13H2,1H3. The zero-order valence-corrected chi connectivity index (χ0v) is 15.9. The summed E-state index contributed by atoms with van der Waals surface area (Å²) in [5.41, 5.74) is 2.06. The topological polar surface area (TPSA) is 51.7 Å². The summed E-state index contributed by atoms with van der Waals surface area (Å²) in [6.07, 6.45) is 4.37. The van der Waals surface area contributed by atoms with E-state index in [1.54, 1.807) is 11.8 Å². The Kier molecular flexibility index (Phi) is 5.20. The number of amides is 1. The van der Waals surface area contributed by atoms with Gasteiger partial charge in [0.15, 0.2) is 11.5 Å². The molecule has 0 radical (unpaired) electrons. The van der Waals surface area contributed by atoms with Gasteiger partial charge in [-0.05, 0) is 43.4 Å². The van der Waals surface area contributed by atoms with Crippen LogP contribution in [0, 0.1) is 0 Å². The predicted molar refractivity (Wildman–Crippen MR) is 103 cm³/mol. The lowest BCUT2D eigenvalue weighted by molar-refractivity contribution is -0.129. The van der Waals surface area contributed by atoms with Crippen LogP contribution in [-0.2, 0) is 11.2 Å². The number of likely N-dealkylation sites (tertiary alicyclic amines) is 1. The lowest BCUT2D eigenvalue weighted by Gasteiger charge is -2.26. The van der Waals surface area contributed by atoms with Crippen molar-refractivity contribution in [2.24, 2.45) is 0 Å². The molecule has 3 heterocycles. The van der Waals surface area contributed by atoms with E-state index in [0.717, 1.165) is 59.8 Å². The van der Waals surface area contributed by atoms with Crippen molar-refractivity contribution in [2.45, 2.75) is 37.6 Å². The molecule has 1 aromatic carbocycles. The van der Waals surface area contributed by atoms with Gasteiger partial charge in [-0.15, -0.1) is 0 Å². The second kappa shape index (κ2) is 7.74. The number of fused-ring (bicyclic) bond motifs is 2. The second-order valence-electron chi connectivity index (χ2n) is 6.72. The fourth-order valence-corrected chi connectivity index (χ4v) is 4.47. The average Bonchev–Trinajstić information content (AvgIpc) is 2.70. The summed E-state index contributed by atoms with van der Waals surface area (Å²) < 4.78 is 11.3. The molecule has 2 aliphatic heterocycles. The molecule has 0 bridgehead atoms. The van der Waals surface area contributed by atoms with Gasteiger partial charge in [-0.3, -0.25) is 4.79 Å². The first-order valence-corrected chi connectivity index (χ1v) is 10.4. The number of nitrogens with zero attached hydrogens (tertiary/aromatic N) is 2. The van der Waals surface area contributed by atoms with Gasteiger partial charge in [0.05, 0.1) is 11.3 Å². The number of pyridine rings is 1. The van der Waals surface area contributed by atoms with Crippen LogP contribution >= 0.6 is 11.8 Å². The number of aryl methyl sites for hydroxylation is 1. The quantitative estimate of drug-likeness (QED) is 0.767. The molecule has 6 heteroatoms. The molecule has 5 nitrogen and oxygen atoms in total. The lowest BCUT2D eigenvalue weighted by atomic mass is 10.1. The van der Waals surface area contributed by atoms with E-state index in [-0.39, 0.29) is 5.91 Å². The van der Waals surface area contributed by atoms with Crippen molar-refractivity contribution >= 4 is 28.6 Å². The van der Waals surface area contributed by atoms with Crippen LogP contribution in [0.1, 0.15) is 31.7 Å². The van der Waals surface area contributed by atoms with Crippen LogP contribution in [0.15, 0.2) is 23.2 Å². The summed E-state index contributed by atoms with van der Waals surface area (Å²) in [5.74, 6) is 2.21. The molecular formula is C20H24N2O3S. The van der Waals surface area contributed by atoms with Gasteiger partial charge in [0.25, 0.3) is 0 Å². The predicted octanol–water partition coefficient (Wildman–Crippen LogP) is 3.67. The van der Waals surface area contributed by atoms with E-state index in [0.29, 0.717) is 19.0 Å². The molecule has 0 aliphatic carbocycles. The third-order valence-electron chi connectivity index (χ3n) is 4.94. The number of piperidine rings is 1. The highest BCUT2D eigenvalue weighted by atomic mass is 32.2. The number of hydrogen-bond donors (Lipinski definition) is 0. The Balaban J connectivity index is 1.56. The van der Waals surface area contributed by atoms with E-state index in [9.17, 15) is 4.79 Å². The third-order valence-corrected chi connectivity index (χ3v) is 5.96. The molecule has 0 unspecified atom stereocenters. The van der Waals surface area contributed by atoms with Crippen molar-refractivity contribution in [1.82, 2.24) is 9.88 Å². The number of rotatable bonds is 4. The van der Waals surface area contributed by atoms with Crippen molar-refractivity contribution in [3.63, 3.8) is 0 Å². The minimum atomic E-state index is 0.223. The number of hydrogen-bond acceptors (Lipinski definition) is 5. The Morgan fingerprint density at radius 3 is 2.58 bits per heavy atom. The van der Waals surface area contributed by atoms with Gasteiger partial charge in [0.1, 0.15) is 18.2 Å². The summed E-state index contributed by atoms with van der Waals surface area (Å²) >= 11 is 1.55. The Hall–Kier alpha value is -1.95. The van der Waals surface area contributed by atoms with E-state index >= 15 is 0 Å². The van der Waals surface area contributed by atoms with Crippen LogP contribution < -0.4 is 9.47 Å². The van der Waals surface area contributed by atoms with Gasteiger partial charge in [-0.25, -0.2) is 4.98 Å². The van der Waals surface area contributed by atoms with E-state index in [2.05, 4.69) is 13.0 Å². The summed E-state index contributed by atoms with van der Waals surface area (Å²) in [4.78, 5) is 19.3. The molecule has 138 valence electrons. The number of benzene rings is 1. The van der Waals surface area contributed by atoms with Crippen molar-refractivity contribution < 1.29 is 14.3 Å². The Labute approximate surface area is 158 Å². The first-order valence-electron chi connectivity index (χ1n) is 9.38. The summed E-state index contributed by atoms with van der Waals surface area (Å²) in [5, 5.41) is 2.00. The van der Waals surface area contributed by atoms with Crippen molar-refractivity contribution in [2.75, 3.05) is 32.1 Å². The molecule has 0 saturated carbocycles. The fourth-order valence-electron chi connectivity index (χ4n) is 3.48. The van der Waals surface area contributed by atoms with Gasteiger partial charge in [-0.1, -0.05) is 18.7 Å². The first kappa shape index (κ1) is 17.5. The fraction of sp³-hybridized carbons (Fsp3) is 0.500. The number of carbonyl (C=O) groups excluding carboxylic acids is 1. The lowest BCUT2D eigenvalue weighted by Crippen LogP contribution is -2.36. The molecule has 4 rings (SSSR count). The zero-order valence-electron chi connectivity index (χ0n) is 15.1. The van der Waals surface area contributed by atoms with E-state index in [4.69, 9.17) is 14.5 Å². The van der Waals surface area contributed by atoms with Crippen LogP contribution in [0.5, 0.6) is 11.5 Å². The maximum absolute atomic E-state index is 12.5. The maximum Gasteiger partial charge on any atom is 0.232 e. The zero-order chi connectivity index (χ0) is 17.9.